The fourth-order valence-corrected chi connectivity index (χ4v) is 4.80. The Balaban J connectivity index is 0.00000400. The van der Waals surface area contributed by atoms with Crippen LogP contribution in [0.4, 0.5) is 0 Å². The summed E-state index contributed by atoms with van der Waals surface area (Å²) in [6, 6.07) is 20.7. The van der Waals surface area contributed by atoms with Crippen LogP contribution in [0.2, 0.25) is 0 Å². The van der Waals surface area contributed by atoms with Crippen molar-refractivity contribution < 1.29 is 18.3 Å². The van der Waals surface area contributed by atoms with Gasteiger partial charge in [-0.2, -0.15) is 0 Å². The molecule has 0 unspecified atom stereocenters. The second kappa shape index (κ2) is 11.3. The fourth-order valence-electron chi connectivity index (χ4n) is 4.39. The van der Waals surface area contributed by atoms with Crippen molar-refractivity contribution in [3.63, 3.8) is 0 Å². The maximum absolute atomic E-state index is 13.6. The van der Waals surface area contributed by atoms with E-state index in [9.17, 15) is 18.3 Å². The van der Waals surface area contributed by atoms with E-state index in [1.165, 1.54) is 6.07 Å². The lowest BCUT2D eigenvalue weighted by atomic mass is 9.83. The van der Waals surface area contributed by atoms with Crippen molar-refractivity contribution in [1.29, 1.82) is 5.41 Å². The predicted octanol–water partition coefficient (Wildman–Crippen LogP) is 4.48. The highest BCUT2D eigenvalue weighted by molar-refractivity contribution is 8.93. The third kappa shape index (κ3) is 6.43. The maximum atomic E-state index is 13.6. The highest BCUT2D eigenvalue weighted by atomic mass is 79.9. The minimum atomic E-state index is -3.50. The Morgan fingerprint density at radius 1 is 0.974 bits per heavy atom. The molecule has 0 aliphatic heterocycles. The van der Waals surface area contributed by atoms with Gasteiger partial charge in [0.2, 0.25) is 15.6 Å². The normalized spacial score (nSPS) is 11.9. The van der Waals surface area contributed by atoms with Crippen molar-refractivity contribution in [2.24, 2.45) is 0 Å². The summed E-state index contributed by atoms with van der Waals surface area (Å²) in [5.41, 5.74) is 3.60. The number of ketones is 1. The number of hydrogen-bond acceptors (Lipinski definition) is 5. The molecule has 10 heteroatoms. The van der Waals surface area contributed by atoms with Gasteiger partial charge in [-0.1, -0.05) is 63.2 Å². The van der Waals surface area contributed by atoms with E-state index < -0.39 is 15.4 Å². The number of rotatable bonds is 8. The second-order valence-corrected chi connectivity index (χ2v) is 12.1. The van der Waals surface area contributed by atoms with E-state index in [1.54, 1.807) is 10.6 Å². The van der Waals surface area contributed by atoms with Crippen molar-refractivity contribution in [2.45, 2.75) is 45.8 Å². The molecule has 0 amide bonds. The molecule has 0 aliphatic carbocycles. The number of carbonyl (C=O) groups excluding carboxylic acids is 1. The molecule has 4 aromatic rings. The molecule has 1 heterocycles. The van der Waals surface area contributed by atoms with Gasteiger partial charge in [0.1, 0.15) is 5.75 Å². The largest absolute Gasteiger partial charge is 0.507 e. The van der Waals surface area contributed by atoms with E-state index in [0.717, 1.165) is 22.9 Å². The first-order valence-corrected chi connectivity index (χ1v) is 13.8. The average Bonchev–Trinajstić information content (AvgIpc) is 3.08. The summed E-state index contributed by atoms with van der Waals surface area (Å²) in [7, 11) is -3.50. The molecule has 202 valence electrons. The maximum Gasteiger partial charge on any atom is 0.209 e. The minimum Gasteiger partial charge on any atom is -0.507 e. The summed E-state index contributed by atoms with van der Waals surface area (Å²) >= 11 is 0. The molecule has 38 heavy (non-hydrogen) atoms. The SMILES string of the molecule is Br.CC(C)(C)c1cc(C(=O)Cn2c(=N)n(Cc3ccccc3)c3ccccc32)cc(CNS(C)(=O)=O)c1O. The average molecular weight is 602 g/mol. The van der Waals surface area contributed by atoms with Crippen LogP contribution < -0.4 is 10.3 Å². The number of nitrogens with zero attached hydrogens (tertiary/aromatic N) is 2. The van der Waals surface area contributed by atoms with Crippen LogP contribution in [-0.2, 0) is 35.1 Å². The first-order chi connectivity index (χ1) is 17.3. The molecule has 4 rings (SSSR count). The van der Waals surface area contributed by atoms with E-state index in [0.29, 0.717) is 23.2 Å². The fraction of sp³-hybridized carbons (Fsp3) is 0.286. The number of aromatic hydroxyl groups is 1. The number of aromatic nitrogens is 2. The highest BCUT2D eigenvalue weighted by Gasteiger charge is 2.24. The Morgan fingerprint density at radius 2 is 1.55 bits per heavy atom. The number of benzene rings is 3. The summed E-state index contributed by atoms with van der Waals surface area (Å²) < 4.78 is 29.3. The minimum absolute atomic E-state index is 0. The third-order valence-electron chi connectivity index (χ3n) is 6.30. The number of hydrogen-bond donors (Lipinski definition) is 3. The van der Waals surface area contributed by atoms with Gasteiger partial charge in [0.05, 0.1) is 30.4 Å². The van der Waals surface area contributed by atoms with Gasteiger partial charge in [0, 0.05) is 23.2 Å². The highest BCUT2D eigenvalue weighted by Crippen LogP contribution is 2.35. The molecular formula is C28H33BrN4O4S. The first kappa shape index (κ1) is 29.3. The Hall–Kier alpha value is -3.21. The van der Waals surface area contributed by atoms with Crippen LogP contribution in [0.3, 0.4) is 0 Å². The van der Waals surface area contributed by atoms with Crippen LogP contribution in [0.5, 0.6) is 5.75 Å². The number of para-hydroxylation sites is 2. The summed E-state index contributed by atoms with van der Waals surface area (Å²) in [6.07, 6.45) is 1.04. The number of halogens is 1. The topological polar surface area (TPSA) is 117 Å². The first-order valence-electron chi connectivity index (χ1n) is 12.0. The summed E-state index contributed by atoms with van der Waals surface area (Å²) in [5, 5.41) is 19.8. The van der Waals surface area contributed by atoms with Crippen LogP contribution in [0.1, 0.15) is 47.8 Å². The van der Waals surface area contributed by atoms with Gasteiger partial charge in [-0.25, -0.2) is 13.1 Å². The smallest absolute Gasteiger partial charge is 0.209 e. The van der Waals surface area contributed by atoms with Gasteiger partial charge in [-0.15, -0.1) is 17.0 Å². The van der Waals surface area contributed by atoms with Crippen molar-refractivity contribution >= 4 is 43.8 Å². The quantitative estimate of drug-likeness (QED) is 0.258. The number of carbonyl (C=O) groups is 1. The number of sulfonamides is 1. The molecule has 0 saturated heterocycles. The molecule has 0 spiro atoms. The van der Waals surface area contributed by atoms with Crippen LogP contribution >= 0.6 is 17.0 Å². The molecule has 3 N–H and O–H groups in total. The Labute approximate surface area is 233 Å². The summed E-state index contributed by atoms with van der Waals surface area (Å²) in [5.74, 6) is -0.277. The standard InChI is InChI=1S/C28H32N4O4S.BrH/c1-28(2,3)22-15-20(14-21(26(22)34)16-30-37(4,35)36)25(33)18-32-24-13-9-8-12-23(24)31(27(32)29)17-19-10-6-5-7-11-19;/h5-15,29-30,34H,16-18H2,1-4H3;1H. The van der Waals surface area contributed by atoms with E-state index >= 15 is 0 Å². The molecule has 3 aromatic carbocycles. The number of phenolic OH excluding ortho intramolecular Hbond substituents is 1. The molecule has 0 atom stereocenters. The molecule has 0 aliphatic rings. The van der Waals surface area contributed by atoms with E-state index in [-0.39, 0.29) is 47.2 Å². The van der Waals surface area contributed by atoms with Gasteiger partial charge in [-0.3, -0.25) is 10.2 Å². The van der Waals surface area contributed by atoms with Crippen LogP contribution in [0, 0.1) is 5.41 Å². The Morgan fingerprint density at radius 3 is 2.13 bits per heavy atom. The second-order valence-electron chi connectivity index (χ2n) is 10.3. The van der Waals surface area contributed by atoms with Gasteiger partial charge in [-0.05, 0) is 35.2 Å². The number of imidazole rings is 1. The van der Waals surface area contributed by atoms with Crippen molar-refractivity contribution in [3.05, 3.63) is 94.6 Å². The molecule has 0 saturated carbocycles. The van der Waals surface area contributed by atoms with E-state index in [1.807, 2.05) is 79.9 Å². The molecule has 0 bridgehead atoms. The number of phenols is 1. The van der Waals surface area contributed by atoms with Crippen molar-refractivity contribution in [1.82, 2.24) is 13.9 Å². The monoisotopic (exact) mass is 600 g/mol. The van der Waals surface area contributed by atoms with Crippen LogP contribution in [-0.4, -0.2) is 34.7 Å². The lowest BCUT2D eigenvalue weighted by molar-refractivity contribution is 0.0971. The number of Topliss-reactive ketones (excluding diaryl/α,β-unsaturated/α-hetero) is 1. The molecular weight excluding hydrogens is 568 g/mol. The van der Waals surface area contributed by atoms with E-state index in [2.05, 4.69) is 4.72 Å². The number of fused-ring (bicyclic) bond motifs is 1. The lowest BCUT2D eigenvalue weighted by Crippen LogP contribution is -2.28. The van der Waals surface area contributed by atoms with Crippen molar-refractivity contribution in [3.8, 4) is 5.75 Å². The molecule has 0 fully saturated rings. The van der Waals surface area contributed by atoms with Gasteiger partial charge in [0.25, 0.3) is 0 Å². The zero-order valence-corrected chi connectivity index (χ0v) is 24.4. The molecule has 8 nitrogen and oxygen atoms in total. The Kier molecular flexibility index (Phi) is 8.70. The lowest BCUT2D eigenvalue weighted by Gasteiger charge is -2.23. The number of nitrogens with one attached hydrogen (secondary N) is 2. The zero-order chi connectivity index (χ0) is 27.0. The zero-order valence-electron chi connectivity index (χ0n) is 21.9. The van der Waals surface area contributed by atoms with E-state index in [4.69, 9.17) is 5.41 Å². The van der Waals surface area contributed by atoms with Crippen molar-refractivity contribution in [2.75, 3.05) is 6.26 Å². The third-order valence-corrected chi connectivity index (χ3v) is 6.97. The predicted molar refractivity (Wildman–Crippen MR) is 154 cm³/mol. The summed E-state index contributed by atoms with van der Waals surface area (Å²) in [4.78, 5) is 13.6. The van der Waals surface area contributed by atoms with Gasteiger partial charge in [0.15, 0.2) is 5.78 Å². The van der Waals surface area contributed by atoms with Gasteiger partial charge >= 0.3 is 0 Å². The molecule has 0 radical (unpaired) electrons. The van der Waals surface area contributed by atoms with Crippen LogP contribution in [0.15, 0.2) is 66.7 Å². The molecule has 1 aromatic heterocycles. The Bertz CT molecular complexity index is 1640. The summed E-state index contributed by atoms with van der Waals surface area (Å²) in [6.45, 7) is 6.03. The van der Waals surface area contributed by atoms with Gasteiger partial charge < -0.3 is 14.2 Å². The van der Waals surface area contributed by atoms with Crippen LogP contribution in [0.25, 0.3) is 11.0 Å².